The average Bonchev–Trinajstić information content (AvgIpc) is 2.39. The second-order valence-electron chi connectivity index (χ2n) is 5.51. The quantitative estimate of drug-likeness (QED) is 0.906. The van der Waals surface area contributed by atoms with Gasteiger partial charge in [-0.25, -0.2) is 0 Å². The van der Waals surface area contributed by atoms with Crippen LogP contribution in [0.2, 0.25) is 0 Å². The van der Waals surface area contributed by atoms with Crippen LogP contribution in [0.25, 0.3) is 0 Å². The van der Waals surface area contributed by atoms with Crippen molar-refractivity contribution in [1.82, 2.24) is 4.90 Å². The summed E-state index contributed by atoms with van der Waals surface area (Å²) in [7, 11) is 4.18. The van der Waals surface area contributed by atoms with Crippen LogP contribution in [0.1, 0.15) is 25.8 Å². The predicted octanol–water partition coefficient (Wildman–Crippen LogP) is 4.11. The summed E-state index contributed by atoms with van der Waals surface area (Å²) in [5.74, 6) is 0.728. The summed E-state index contributed by atoms with van der Waals surface area (Å²) in [6, 6.07) is 7.66. The molecule has 0 aliphatic heterocycles. The zero-order valence-electron chi connectivity index (χ0n) is 12.6. The Morgan fingerprint density at radius 3 is 2.55 bits per heavy atom. The lowest BCUT2D eigenvalue weighted by molar-refractivity contribution is 0.315. The fourth-order valence-corrected chi connectivity index (χ4v) is 3.18. The van der Waals surface area contributed by atoms with E-state index in [1.807, 2.05) is 12.1 Å². The molecule has 0 aromatic heterocycles. The number of nitrogens with zero attached hydrogens (tertiary/aromatic N) is 1. The smallest absolute Gasteiger partial charge is 0.115 e. The standard InChI is InChI=1S/C17H23NO.ClH/c1-5-17(14-8-6-9-15(19)12-14)11-7-10-16(13(17)2)18(3)4;/h6-13,19H,5H2,1-4H3;1H/t13-,17+;/m0./s1. The lowest BCUT2D eigenvalue weighted by Crippen LogP contribution is -2.37. The molecule has 1 aromatic carbocycles. The van der Waals surface area contributed by atoms with Gasteiger partial charge in [-0.15, -0.1) is 12.4 Å². The first kappa shape index (κ1) is 16.6. The molecule has 0 saturated carbocycles. The zero-order valence-corrected chi connectivity index (χ0v) is 13.4. The maximum Gasteiger partial charge on any atom is 0.115 e. The van der Waals surface area contributed by atoms with Crippen molar-refractivity contribution in [3.8, 4) is 5.75 Å². The largest absolute Gasteiger partial charge is 0.508 e. The van der Waals surface area contributed by atoms with Crippen molar-refractivity contribution >= 4 is 12.4 Å². The normalized spacial score (nSPS) is 24.8. The Labute approximate surface area is 128 Å². The number of hydrogen-bond donors (Lipinski definition) is 1. The van der Waals surface area contributed by atoms with E-state index in [9.17, 15) is 5.11 Å². The third kappa shape index (κ3) is 2.71. The lowest BCUT2D eigenvalue weighted by Gasteiger charge is -2.42. The molecule has 0 unspecified atom stereocenters. The van der Waals surface area contributed by atoms with Crippen molar-refractivity contribution in [2.75, 3.05) is 14.1 Å². The first-order valence-corrected chi connectivity index (χ1v) is 6.87. The van der Waals surface area contributed by atoms with Crippen molar-refractivity contribution in [2.24, 2.45) is 5.92 Å². The minimum Gasteiger partial charge on any atom is -0.508 e. The number of benzene rings is 1. The summed E-state index contributed by atoms with van der Waals surface area (Å²) < 4.78 is 0. The fourth-order valence-electron chi connectivity index (χ4n) is 3.18. The molecule has 20 heavy (non-hydrogen) atoms. The van der Waals surface area contributed by atoms with Crippen LogP contribution in [0.3, 0.4) is 0 Å². The molecular formula is C17H24ClNO. The van der Waals surface area contributed by atoms with Gasteiger partial charge in [0.2, 0.25) is 0 Å². The third-order valence-electron chi connectivity index (χ3n) is 4.36. The first-order chi connectivity index (χ1) is 9.01. The summed E-state index contributed by atoms with van der Waals surface area (Å²) in [6.07, 6.45) is 7.61. The summed E-state index contributed by atoms with van der Waals surface area (Å²) in [6.45, 7) is 4.48. The van der Waals surface area contributed by atoms with Gasteiger partial charge in [0.15, 0.2) is 0 Å². The molecule has 110 valence electrons. The van der Waals surface area contributed by atoms with Crippen molar-refractivity contribution in [3.05, 3.63) is 53.8 Å². The molecule has 0 heterocycles. The van der Waals surface area contributed by atoms with E-state index in [4.69, 9.17) is 0 Å². The highest BCUT2D eigenvalue weighted by Crippen LogP contribution is 2.44. The van der Waals surface area contributed by atoms with Crippen molar-refractivity contribution in [3.63, 3.8) is 0 Å². The van der Waals surface area contributed by atoms with Gasteiger partial charge in [-0.3, -0.25) is 0 Å². The summed E-state index contributed by atoms with van der Waals surface area (Å²) in [5, 5.41) is 9.77. The molecule has 3 heteroatoms. The number of rotatable bonds is 3. The molecule has 0 radical (unpaired) electrons. The highest BCUT2D eigenvalue weighted by atomic mass is 35.5. The number of phenolic OH excluding ortho intramolecular Hbond substituents is 1. The van der Waals surface area contributed by atoms with Crippen LogP contribution in [-0.4, -0.2) is 24.1 Å². The molecule has 1 aliphatic carbocycles. The molecular weight excluding hydrogens is 270 g/mol. The van der Waals surface area contributed by atoms with E-state index in [1.165, 1.54) is 11.3 Å². The molecule has 1 aromatic rings. The van der Waals surface area contributed by atoms with Gasteiger partial charge in [-0.1, -0.05) is 38.1 Å². The SMILES string of the molecule is CC[C@@]1(c2cccc(O)c2)C=CC=C(N(C)C)[C@@H]1C.Cl. The molecule has 0 fully saturated rings. The second kappa shape index (κ2) is 6.36. The van der Waals surface area contributed by atoms with Crippen LogP contribution < -0.4 is 0 Å². The van der Waals surface area contributed by atoms with Crippen molar-refractivity contribution < 1.29 is 5.11 Å². The van der Waals surface area contributed by atoms with E-state index in [1.54, 1.807) is 6.07 Å². The van der Waals surface area contributed by atoms with Gasteiger partial charge in [0.05, 0.1) is 0 Å². The summed E-state index contributed by atoms with van der Waals surface area (Å²) in [5.41, 5.74) is 2.48. The Morgan fingerprint density at radius 1 is 1.30 bits per heavy atom. The minimum atomic E-state index is -0.0346. The molecule has 0 amide bonds. The number of hydrogen-bond acceptors (Lipinski definition) is 2. The van der Waals surface area contributed by atoms with Gasteiger partial charge in [0.1, 0.15) is 5.75 Å². The molecule has 2 atom stereocenters. The Bertz CT molecular complexity index is 521. The fraction of sp³-hybridized carbons (Fsp3) is 0.412. The third-order valence-corrected chi connectivity index (χ3v) is 4.36. The van der Waals surface area contributed by atoms with E-state index in [0.29, 0.717) is 11.7 Å². The Hall–Kier alpha value is -1.41. The van der Waals surface area contributed by atoms with E-state index >= 15 is 0 Å². The van der Waals surface area contributed by atoms with Crippen LogP contribution in [0.15, 0.2) is 48.2 Å². The van der Waals surface area contributed by atoms with Crippen LogP contribution in [0.4, 0.5) is 0 Å². The highest BCUT2D eigenvalue weighted by molar-refractivity contribution is 5.85. The summed E-state index contributed by atoms with van der Waals surface area (Å²) in [4.78, 5) is 2.18. The van der Waals surface area contributed by atoms with E-state index < -0.39 is 0 Å². The molecule has 1 aliphatic rings. The Kier molecular flexibility index (Phi) is 5.29. The van der Waals surface area contributed by atoms with Gasteiger partial charge in [-0.05, 0) is 30.2 Å². The van der Waals surface area contributed by atoms with Crippen LogP contribution >= 0.6 is 12.4 Å². The topological polar surface area (TPSA) is 23.5 Å². The lowest BCUT2D eigenvalue weighted by atomic mass is 9.65. The maximum atomic E-state index is 9.77. The second-order valence-corrected chi connectivity index (χ2v) is 5.51. The van der Waals surface area contributed by atoms with Crippen molar-refractivity contribution in [2.45, 2.75) is 25.7 Å². The van der Waals surface area contributed by atoms with Gasteiger partial charge < -0.3 is 10.0 Å². The van der Waals surface area contributed by atoms with E-state index in [-0.39, 0.29) is 17.8 Å². The van der Waals surface area contributed by atoms with Crippen LogP contribution in [0, 0.1) is 5.92 Å². The monoisotopic (exact) mass is 293 g/mol. The number of allylic oxidation sites excluding steroid dienone is 4. The first-order valence-electron chi connectivity index (χ1n) is 6.87. The average molecular weight is 294 g/mol. The zero-order chi connectivity index (χ0) is 14.0. The number of halogens is 1. The molecule has 2 nitrogen and oxygen atoms in total. The molecule has 0 saturated heterocycles. The minimum absolute atomic E-state index is 0. The van der Waals surface area contributed by atoms with Crippen LogP contribution in [0.5, 0.6) is 5.75 Å². The number of phenols is 1. The van der Waals surface area contributed by atoms with Crippen LogP contribution in [-0.2, 0) is 5.41 Å². The Morgan fingerprint density at radius 2 is 2.00 bits per heavy atom. The van der Waals surface area contributed by atoms with Crippen molar-refractivity contribution in [1.29, 1.82) is 0 Å². The van der Waals surface area contributed by atoms with E-state index in [0.717, 1.165) is 6.42 Å². The van der Waals surface area contributed by atoms with Gasteiger partial charge >= 0.3 is 0 Å². The summed E-state index contributed by atoms with van der Waals surface area (Å²) >= 11 is 0. The molecule has 0 bridgehead atoms. The molecule has 0 spiro atoms. The molecule has 1 N–H and O–H groups in total. The maximum absolute atomic E-state index is 9.77. The number of aromatic hydroxyl groups is 1. The van der Waals surface area contributed by atoms with Gasteiger partial charge in [-0.2, -0.15) is 0 Å². The van der Waals surface area contributed by atoms with E-state index in [2.05, 4.69) is 57.1 Å². The Balaban J connectivity index is 0.00000200. The predicted molar refractivity (Wildman–Crippen MR) is 87.4 cm³/mol. The molecule has 2 rings (SSSR count). The highest BCUT2D eigenvalue weighted by Gasteiger charge is 2.38. The van der Waals surface area contributed by atoms with Gasteiger partial charge in [0, 0.05) is 31.1 Å². The van der Waals surface area contributed by atoms with Gasteiger partial charge in [0.25, 0.3) is 0 Å².